The average molecular weight is 342 g/mol. The molecular weight excluding hydrogens is 320 g/mol. The van der Waals surface area contributed by atoms with E-state index in [-0.39, 0.29) is 30.0 Å². The molecule has 1 aromatic carbocycles. The number of allylic oxidation sites excluding steroid dienone is 2. The summed E-state index contributed by atoms with van der Waals surface area (Å²) in [6, 6.07) is 5.88. The highest BCUT2D eigenvalue weighted by Gasteiger charge is 2.55. The lowest BCUT2D eigenvalue weighted by Crippen LogP contribution is -2.39. The van der Waals surface area contributed by atoms with Crippen molar-refractivity contribution in [3.63, 3.8) is 0 Å². The third-order valence-electron chi connectivity index (χ3n) is 5.73. The molecule has 0 radical (unpaired) electrons. The summed E-state index contributed by atoms with van der Waals surface area (Å²) in [6.07, 6.45) is 4.30. The Kier molecular flexibility index (Phi) is 3.84. The zero-order chi connectivity index (χ0) is 17.6. The first-order chi connectivity index (χ1) is 12.1. The Morgan fingerprint density at radius 2 is 2.16 bits per heavy atom. The van der Waals surface area contributed by atoms with Gasteiger partial charge in [-0.2, -0.15) is 0 Å². The lowest BCUT2D eigenvalue weighted by atomic mass is 9.65. The van der Waals surface area contributed by atoms with Crippen LogP contribution in [0.2, 0.25) is 0 Å². The Bertz CT molecular complexity index is 752. The predicted octanol–water partition coefficient (Wildman–Crippen LogP) is 3.56. The van der Waals surface area contributed by atoms with Gasteiger partial charge in [-0.3, -0.25) is 4.79 Å². The second-order valence-corrected chi connectivity index (χ2v) is 6.93. The number of hydrogen-bond donors (Lipinski definition) is 0. The van der Waals surface area contributed by atoms with Crippen molar-refractivity contribution in [1.82, 2.24) is 0 Å². The summed E-state index contributed by atoms with van der Waals surface area (Å²) in [7, 11) is 1.58. The number of carbonyl (C=O) groups excluding carboxylic acids is 1. The van der Waals surface area contributed by atoms with Crippen molar-refractivity contribution in [3.05, 3.63) is 48.3 Å². The van der Waals surface area contributed by atoms with Gasteiger partial charge in [0.2, 0.25) is 6.79 Å². The van der Waals surface area contributed by atoms with Crippen LogP contribution >= 0.6 is 0 Å². The molecule has 132 valence electrons. The van der Waals surface area contributed by atoms with Crippen molar-refractivity contribution in [1.29, 1.82) is 0 Å². The standard InChI is InChI=1S/C20H22O5/c1-4-7-20-10-17(22-3)14(21)9-18(20)25-19(12(20)2)13-5-6-15-16(8-13)24-11-23-15/h4-6,8-9,12,17,19H,1,7,10-11H2,2-3H3/t12-,17+,19+,20+/m1/s1. The number of benzene rings is 1. The monoisotopic (exact) mass is 342 g/mol. The maximum Gasteiger partial charge on any atom is 0.231 e. The summed E-state index contributed by atoms with van der Waals surface area (Å²) in [5.74, 6) is 2.38. The lowest BCUT2D eigenvalue weighted by molar-refractivity contribution is -0.127. The van der Waals surface area contributed by atoms with Crippen molar-refractivity contribution < 1.29 is 23.7 Å². The topological polar surface area (TPSA) is 54.0 Å². The summed E-state index contributed by atoms with van der Waals surface area (Å²) in [4.78, 5) is 12.3. The number of carbonyl (C=O) groups is 1. The quantitative estimate of drug-likeness (QED) is 0.783. The van der Waals surface area contributed by atoms with Crippen LogP contribution in [0.25, 0.3) is 0 Å². The molecule has 0 bridgehead atoms. The summed E-state index contributed by atoms with van der Waals surface area (Å²) in [5, 5.41) is 0. The minimum atomic E-state index is -0.426. The first kappa shape index (κ1) is 16.2. The number of ketones is 1. The van der Waals surface area contributed by atoms with Gasteiger partial charge in [0.1, 0.15) is 18.0 Å². The van der Waals surface area contributed by atoms with Gasteiger partial charge >= 0.3 is 0 Å². The van der Waals surface area contributed by atoms with Crippen LogP contribution in [0.15, 0.2) is 42.7 Å². The molecule has 1 aliphatic carbocycles. The molecule has 3 aliphatic rings. The van der Waals surface area contributed by atoms with Crippen LogP contribution < -0.4 is 9.47 Å². The average Bonchev–Trinajstić information content (AvgIpc) is 3.18. The fraction of sp³-hybridized carbons (Fsp3) is 0.450. The second-order valence-electron chi connectivity index (χ2n) is 6.93. The van der Waals surface area contributed by atoms with Crippen molar-refractivity contribution in [2.45, 2.75) is 32.0 Å². The number of hydrogen-bond acceptors (Lipinski definition) is 5. The molecule has 4 rings (SSSR count). The van der Waals surface area contributed by atoms with Gasteiger partial charge in [0.15, 0.2) is 17.3 Å². The van der Waals surface area contributed by atoms with E-state index < -0.39 is 6.10 Å². The van der Waals surface area contributed by atoms with E-state index in [1.807, 2.05) is 24.3 Å². The number of ether oxygens (including phenoxy) is 4. The molecule has 4 atom stereocenters. The zero-order valence-corrected chi connectivity index (χ0v) is 14.5. The van der Waals surface area contributed by atoms with Gasteiger partial charge in [-0.15, -0.1) is 6.58 Å². The van der Waals surface area contributed by atoms with E-state index in [0.29, 0.717) is 6.42 Å². The van der Waals surface area contributed by atoms with E-state index in [1.54, 1.807) is 13.2 Å². The van der Waals surface area contributed by atoms with Gasteiger partial charge in [-0.05, 0) is 30.5 Å². The molecule has 1 aromatic rings. The minimum Gasteiger partial charge on any atom is -0.489 e. The molecule has 1 fully saturated rings. The summed E-state index contributed by atoms with van der Waals surface area (Å²) >= 11 is 0. The summed E-state index contributed by atoms with van der Waals surface area (Å²) in [5.41, 5.74) is 0.758. The molecule has 1 saturated heterocycles. The van der Waals surface area contributed by atoms with Crippen LogP contribution in [-0.2, 0) is 14.3 Å². The van der Waals surface area contributed by atoms with Crippen LogP contribution in [0.3, 0.4) is 0 Å². The fourth-order valence-electron chi connectivity index (χ4n) is 4.26. The molecule has 0 saturated carbocycles. The highest BCUT2D eigenvalue weighted by atomic mass is 16.7. The Balaban J connectivity index is 1.73. The van der Waals surface area contributed by atoms with Crippen LogP contribution in [0.1, 0.15) is 31.4 Å². The molecule has 2 aliphatic heterocycles. The Morgan fingerprint density at radius 1 is 1.36 bits per heavy atom. The smallest absolute Gasteiger partial charge is 0.231 e. The van der Waals surface area contributed by atoms with E-state index in [0.717, 1.165) is 29.2 Å². The molecule has 0 aromatic heterocycles. The van der Waals surface area contributed by atoms with Gasteiger partial charge < -0.3 is 18.9 Å². The van der Waals surface area contributed by atoms with E-state index in [2.05, 4.69) is 13.5 Å². The minimum absolute atomic E-state index is 0.0317. The van der Waals surface area contributed by atoms with Gasteiger partial charge in [0.05, 0.1) is 0 Å². The lowest BCUT2D eigenvalue weighted by Gasteiger charge is -2.37. The second kappa shape index (κ2) is 5.92. The molecular formula is C20H22O5. The SMILES string of the molecule is C=CC[C@@]12C[C@H](OC)C(=O)C=C1O[C@H](c1ccc3c(c1)OCO3)[C@H]2C. The molecule has 0 spiro atoms. The van der Waals surface area contributed by atoms with Gasteiger partial charge in [0.25, 0.3) is 0 Å². The maximum atomic E-state index is 12.3. The summed E-state index contributed by atoms with van der Waals surface area (Å²) in [6.45, 7) is 6.33. The van der Waals surface area contributed by atoms with Crippen LogP contribution in [0.4, 0.5) is 0 Å². The Hall–Kier alpha value is -2.27. The number of fused-ring (bicyclic) bond motifs is 2. The molecule has 0 amide bonds. The highest BCUT2D eigenvalue weighted by Crippen LogP contribution is 2.59. The molecule has 5 heteroatoms. The molecule has 25 heavy (non-hydrogen) atoms. The molecule has 2 heterocycles. The third kappa shape index (κ3) is 2.37. The van der Waals surface area contributed by atoms with Crippen LogP contribution in [-0.4, -0.2) is 25.8 Å². The van der Waals surface area contributed by atoms with E-state index in [9.17, 15) is 4.79 Å². The first-order valence-corrected chi connectivity index (χ1v) is 8.55. The van der Waals surface area contributed by atoms with Crippen molar-refractivity contribution in [2.75, 3.05) is 13.9 Å². The van der Waals surface area contributed by atoms with E-state index >= 15 is 0 Å². The fourth-order valence-corrected chi connectivity index (χ4v) is 4.26. The summed E-state index contributed by atoms with van der Waals surface area (Å²) < 4.78 is 22.6. The largest absolute Gasteiger partial charge is 0.489 e. The number of methoxy groups -OCH3 is 1. The van der Waals surface area contributed by atoms with Crippen molar-refractivity contribution >= 4 is 5.78 Å². The van der Waals surface area contributed by atoms with Crippen LogP contribution in [0.5, 0.6) is 11.5 Å². The maximum absolute atomic E-state index is 12.3. The van der Waals surface area contributed by atoms with Crippen LogP contribution in [0, 0.1) is 11.3 Å². The molecule has 5 nitrogen and oxygen atoms in total. The van der Waals surface area contributed by atoms with E-state index in [4.69, 9.17) is 18.9 Å². The van der Waals surface area contributed by atoms with Gasteiger partial charge in [-0.1, -0.05) is 19.1 Å². The Labute approximate surface area is 147 Å². The van der Waals surface area contributed by atoms with Crippen molar-refractivity contribution in [3.8, 4) is 11.5 Å². The van der Waals surface area contributed by atoms with Gasteiger partial charge in [0, 0.05) is 24.5 Å². The predicted molar refractivity (Wildman–Crippen MR) is 91.3 cm³/mol. The highest BCUT2D eigenvalue weighted by molar-refractivity contribution is 5.95. The Morgan fingerprint density at radius 3 is 2.92 bits per heavy atom. The normalized spacial score (nSPS) is 32.8. The zero-order valence-electron chi connectivity index (χ0n) is 14.5. The number of rotatable bonds is 4. The first-order valence-electron chi connectivity index (χ1n) is 8.55. The molecule has 0 unspecified atom stereocenters. The van der Waals surface area contributed by atoms with E-state index in [1.165, 1.54) is 0 Å². The van der Waals surface area contributed by atoms with Crippen molar-refractivity contribution in [2.24, 2.45) is 11.3 Å². The third-order valence-corrected chi connectivity index (χ3v) is 5.73. The molecule has 0 N–H and O–H groups in total. The van der Waals surface area contributed by atoms with Gasteiger partial charge in [-0.25, -0.2) is 0 Å².